The molecule has 0 saturated heterocycles. The van der Waals surface area contributed by atoms with Crippen molar-refractivity contribution in [3.8, 4) is 0 Å². The fourth-order valence-corrected chi connectivity index (χ4v) is 2.66. The van der Waals surface area contributed by atoms with Gasteiger partial charge >= 0.3 is 0 Å². The third-order valence-electron chi connectivity index (χ3n) is 3.64. The fraction of sp³-hybridized carbons (Fsp3) is 0.111. The second kappa shape index (κ2) is 6.57. The highest BCUT2D eigenvalue weighted by molar-refractivity contribution is 6.31. The molecule has 0 spiro atoms. The van der Waals surface area contributed by atoms with Crippen LogP contribution in [0.3, 0.4) is 0 Å². The first kappa shape index (κ1) is 17.0. The van der Waals surface area contributed by atoms with E-state index in [1.54, 1.807) is 25.1 Å². The number of rotatable bonds is 3. The Labute approximate surface area is 147 Å². The summed E-state index contributed by atoms with van der Waals surface area (Å²) in [6, 6.07) is 8.98. The summed E-state index contributed by atoms with van der Waals surface area (Å²) in [6.07, 6.45) is 0. The van der Waals surface area contributed by atoms with Crippen molar-refractivity contribution in [1.82, 2.24) is 0 Å². The van der Waals surface area contributed by atoms with Gasteiger partial charge in [-0.15, -0.1) is 0 Å². The van der Waals surface area contributed by atoms with Gasteiger partial charge in [0, 0.05) is 28.6 Å². The zero-order valence-corrected chi connectivity index (χ0v) is 14.2. The molecular weight excluding hydrogens is 347 g/mol. The van der Waals surface area contributed by atoms with Crippen LogP contribution < -0.4 is 10.6 Å². The van der Waals surface area contributed by atoms with Crippen molar-refractivity contribution in [3.63, 3.8) is 0 Å². The Balaban J connectivity index is 1.90. The van der Waals surface area contributed by atoms with E-state index in [9.17, 15) is 14.0 Å². The van der Waals surface area contributed by atoms with Crippen LogP contribution in [0.1, 0.15) is 23.0 Å². The highest BCUT2D eigenvalue weighted by atomic mass is 35.5. The molecule has 0 aliphatic rings. The van der Waals surface area contributed by atoms with Crippen LogP contribution in [0.2, 0.25) is 5.02 Å². The molecule has 5 nitrogen and oxygen atoms in total. The molecule has 0 saturated carbocycles. The summed E-state index contributed by atoms with van der Waals surface area (Å²) in [6.45, 7) is 3.03. The number of carbonyl (C=O) groups is 2. The molecule has 3 rings (SSSR count). The summed E-state index contributed by atoms with van der Waals surface area (Å²) in [5, 5.41) is 6.28. The maximum absolute atomic E-state index is 13.7. The third-order valence-corrected chi connectivity index (χ3v) is 3.87. The summed E-state index contributed by atoms with van der Waals surface area (Å²) < 4.78 is 19.3. The number of furan rings is 1. The van der Waals surface area contributed by atoms with E-state index in [1.165, 1.54) is 19.1 Å². The molecule has 25 heavy (non-hydrogen) atoms. The van der Waals surface area contributed by atoms with Gasteiger partial charge in [0.1, 0.15) is 11.4 Å². The molecular formula is C18H14ClFN2O3. The van der Waals surface area contributed by atoms with Gasteiger partial charge in [-0.2, -0.15) is 0 Å². The molecule has 2 aromatic carbocycles. The van der Waals surface area contributed by atoms with E-state index in [4.69, 9.17) is 16.0 Å². The summed E-state index contributed by atoms with van der Waals surface area (Å²) in [5.74, 6) is -1.34. The van der Waals surface area contributed by atoms with E-state index in [1.807, 2.05) is 0 Å². The van der Waals surface area contributed by atoms with Crippen LogP contribution in [-0.2, 0) is 4.79 Å². The van der Waals surface area contributed by atoms with Crippen molar-refractivity contribution < 1.29 is 18.4 Å². The van der Waals surface area contributed by atoms with Gasteiger partial charge in [0.25, 0.3) is 5.91 Å². The van der Waals surface area contributed by atoms with Crippen LogP contribution in [0.4, 0.5) is 15.8 Å². The van der Waals surface area contributed by atoms with E-state index in [2.05, 4.69) is 10.6 Å². The average molecular weight is 361 g/mol. The normalized spacial score (nSPS) is 10.7. The molecule has 0 atom stereocenters. The SMILES string of the molecule is CC(=O)Nc1cc(NC(=O)c2oc3ccc(Cl)cc3c2C)ccc1F. The van der Waals surface area contributed by atoms with Gasteiger partial charge in [0.05, 0.1) is 5.69 Å². The Kier molecular flexibility index (Phi) is 4.46. The van der Waals surface area contributed by atoms with E-state index in [-0.39, 0.29) is 11.4 Å². The van der Waals surface area contributed by atoms with Crippen molar-refractivity contribution in [3.05, 3.63) is 58.6 Å². The molecule has 1 heterocycles. The molecule has 0 unspecified atom stereocenters. The minimum atomic E-state index is -0.595. The molecule has 0 bridgehead atoms. The number of carbonyl (C=O) groups excluding carboxylic acids is 2. The molecule has 0 radical (unpaired) electrons. The second-order valence-electron chi connectivity index (χ2n) is 5.53. The number of fused-ring (bicyclic) bond motifs is 1. The minimum Gasteiger partial charge on any atom is -0.451 e. The van der Waals surface area contributed by atoms with Crippen LogP contribution in [0, 0.1) is 12.7 Å². The summed E-state index contributed by atoms with van der Waals surface area (Å²) in [5.41, 5.74) is 1.51. The smallest absolute Gasteiger partial charge is 0.291 e. The minimum absolute atomic E-state index is 0.0154. The van der Waals surface area contributed by atoms with Gasteiger partial charge in [-0.25, -0.2) is 4.39 Å². The summed E-state index contributed by atoms with van der Waals surface area (Å²) >= 11 is 5.97. The predicted octanol–water partition coefficient (Wildman–Crippen LogP) is 4.74. The van der Waals surface area contributed by atoms with Gasteiger partial charge in [-0.3, -0.25) is 9.59 Å². The van der Waals surface area contributed by atoms with Crippen molar-refractivity contribution in [2.45, 2.75) is 13.8 Å². The molecule has 7 heteroatoms. The highest BCUT2D eigenvalue weighted by Gasteiger charge is 2.18. The Morgan fingerprint density at radius 1 is 1.12 bits per heavy atom. The van der Waals surface area contributed by atoms with Gasteiger partial charge in [-0.05, 0) is 43.3 Å². The molecule has 0 fully saturated rings. The van der Waals surface area contributed by atoms with E-state index < -0.39 is 17.6 Å². The number of amides is 2. The average Bonchev–Trinajstić information content (AvgIpc) is 2.87. The summed E-state index contributed by atoms with van der Waals surface area (Å²) in [4.78, 5) is 23.6. The largest absolute Gasteiger partial charge is 0.451 e. The molecule has 2 amide bonds. The van der Waals surface area contributed by atoms with Gasteiger partial charge in [0.2, 0.25) is 5.91 Å². The lowest BCUT2D eigenvalue weighted by Gasteiger charge is -2.08. The Hall–Kier alpha value is -2.86. The quantitative estimate of drug-likeness (QED) is 0.708. The third kappa shape index (κ3) is 3.49. The number of aryl methyl sites for hydroxylation is 1. The van der Waals surface area contributed by atoms with Crippen molar-refractivity contribution >= 4 is 45.8 Å². The Morgan fingerprint density at radius 3 is 2.60 bits per heavy atom. The summed E-state index contributed by atoms with van der Waals surface area (Å²) in [7, 11) is 0. The number of halogens is 2. The maximum atomic E-state index is 13.7. The monoisotopic (exact) mass is 360 g/mol. The highest BCUT2D eigenvalue weighted by Crippen LogP contribution is 2.29. The Bertz CT molecular complexity index is 997. The second-order valence-corrected chi connectivity index (χ2v) is 5.96. The Morgan fingerprint density at radius 2 is 1.88 bits per heavy atom. The topological polar surface area (TPSA) is 71.3 Å². The van der Waals surface area contributed by atoms with Crippen LogP contribution in [0.5, 0.6) is 0 Å². The molecule has 2 N–H and O–H groups in total. The first-order valence-electron chi connectivity index (χ1n) is 7.42. The van der Waals surface area contributed by atoms with Crippen LogP contribution in [-0.4, -0.2) is 11.8 Å². The molecule has 0 aliphatic heterocycles. The number of hydrogen-bond acceptors (Lipinski definition) is 3. The van der Waals surface area contributed by atoms with Crippen molar-refractivity contribution in [1.29, 1.82) is 0 Å². The standard InChI is InChI=1S/C18H14ClFN2O3/c1-9-13-7-11(19)3-6-16(13)25-17(9)18(24)22-12-4-5-14(20)15(8-12)21-10(2)23/h3-8H,1-2H3,(H,21,23)(H,22,24). The molecule has 1 aromatic heterocycles. The van der Waals surface area contributed by atoms with Gasteiger partial charge in [0.15, 0.2) is 5.76 Å². The number of benzene rings is 2. The van der Waals surface area contributed by atoms with Crippen LogP contribution in [0.25, 0.3) is 11.0 Å². The first-order chi connectivity index (χ1) is 11.8. The molecule has 128 valence electrons. The zero-order valence-electron chi connectivity index (χ0n) is 13.4. The molecule has 3 aromatic rings. The van der Waals surface area contributed by atoms with Gasteiger partial charge < -0.3 is 15.1 Å². The fourth-order valence-electron chi connectivity index (χ4n) is 2.49. The lowest BCUT2D eigenvalue weighted by molar-refractivity contribution is -0.114. The molecule has 0 aliphatic carbocycles. The van der Waals surface area contributed by atoms with E-state index in [0.717, 1.165) is 11.5 Å². The maximum Gasteiger partial charge on any atom is 0.291 e. The van der Waals surface area contributed by atoms with Crippen LogP contribution >= 0.6 is 11.6 Å². The van der Waals surface area contributed by atoms with E-state index >= 15 is 0 Å². The number of anilines is 2. The number of hydrogen-bond donors (Lipinski definition) is 2. The van der Waals surface area contributed by atoms with Crippen molar-refractivity contribution in [2.75, 3.05) is 10.6 Å². The zero-order chi connectivity index (χ0) is 18.1. The lowest BCUT2D eigenvalue weighted by atomic mass is 10.1. The first-order valence-corrected chi connectivity index (χ1v) is 7.80. The number of nitrogens with one attached hydrogen (secondary N) is 2. The van der Waals surface area contributed by atoms with E-state index in [0.29, 0.717) is 21.9 Å². The predicted molar refractivity (Wildman–Crippen MR) is 94.6 cm³/mol. The lowest BCUT2D eigenvalue weighted by Crippen LogP contribution is -2.13. The van der Waals surface area contributed by atoms with Crippen LogP contribution in [0.15, 0.2) is 40.8 Å². The van der Waals surface area contributed by atoms with Gasteiger partial charge in [-0.1, -0.05) is 11.6 Å². The van der Waals surface area contributed by atoms with Crippen molar-refractivity contribution in [2.24, 2.45) is 0 Å².